The zero-order valence-electron chi connectivity index (χ0n) is 15.9. The second-order valence-corrected chi connectivity index (χ2v) is 7.05. The highest BCUT2D eigenvalue weighted by atomic mass is 35.5. The maximum Gasteiger partial charge on any atom is 0.337 e. The van der Waals surface area contributed by atoms with Gasteiger partial charge in [-0.3, -0.25) is 19.5 Å². The Morgan fingerprint density at radius 2 is 1.87 bits per heavy atom. The molecule has 0 unspecified atom stereocenters. The summed E-state index contributed by atoms with van der Waals surface area (Å²) in [5.74, 6) is 0. The molecule has 2 aromatic carbocycles. The van der Waals surface area contributed by atoms with Crippen LogP contribution < -0.4 is 11.2 Å². The maximum absolute atomic E-state index is 13.0. The molecule has 0 aliphatic carbocycles. The fourth-order valence-electron chi connectivity index (χ4n) is 3.37. The summed E-state index contributed by atoms with van der Waals surface area (Å²) in [4.78, 5) is 40.9. The molecule has 0 aliphatic heterocycles. The predicted octanol–water partition coefficient (Wildman–Crippen LogP) is 2.98. The minimum Gasteiger partial charge on any atom is -0.320 e. The molecule has 2 aromatic heterocycles. The molecule has 10 heteroatoms. The van der Waals surface area contributed by atoms with E-state index in [0.717, 1.165) is 4.57 Å². The predicted molar refractivity (Wildman–Crippen MR) is 112 cm³/mol. The highest BCUT2D eigenvalue weighted by molar-refractivity contribution is 6.30. The fourth-order valence-corrected chi connectivity index (χ4v) is 3.49. The summed E-state index contributed by atoms with van der Waals surface area (Å²) in [6, 6.07) is 12.8. The molecule has 0 aliphatic rings. The molecule has 0 radical (unpaired) electrons. The van der Waals surface area contributed by atoms with E-state index in [9.17, 15) is 19.7 Å². The van der Waals surface area contributed by atoms with Gasteiger partial charge in [0.15, 0.2) is 11.2 Å². The van der Waals surface area contributed by atoms with Gasteiger partial charge in [-0.1, -0.05) is 23.7 Å². The van der Waals surface area contributed by atoms with Crippen molar-refractivity contribution in [1.29, 1.82) is 0 Å². The van der Waals surface area contributed by atoms with E-state index in [1.54, 1.807) is 47.9 Å². The van der Waals surface area contributed by atoms with Crippen LogP contribution >= 0.6 is 11.6 Å². The summed E-state index contributed by atoms with van der Waals surface area (Å²) >= 11 is 5.96. The van der Waals surface area contributed by atoms with Gasteiger partial charge in [-0.2, -0.15) is 0 Å². The van der Waals surface area contributed by atoms with Gasteiger partial charge >= 0.3 is 5.69 Å². The number of hydrogen-bond acceptors (Lipinski definition) is 5. The zero-order chi connectivity index (χ0) is 21.4. The number of aromatic nitrogens is 4. The molecule has 0 saturated carbocycles. The second kappa shape index (κ2) is 7.60. The Kier molecular flexibility index (Phi) is 4.96. The van der Waals surface area contributed by atoms with Gasteiger partial charge in [0, 0.05) is 30.2 Å². The number of nitro benzene ring substituents is 1. The van der Waals surface area contributed by atoms with E-state index in [1.165, 1.54) is 23.0 Å². The summed E-state index contributed by atoms with van der Waals surface area (Å²) in [5, 5.41) is 11.6. The molecule has 4 rings (SSSR count). The van der Waals surface area contributed by atoms with Crippen molar-refractivity contribution in [2.24, 2.45) is 0 Å². The first-order chi connectivity index (χ1) is 14.4. The van der Waals surface area contributed by atoms with Crippen molar-refractivity contribution in [3.8, 4) is 5.69 Å². The van der Waals surface area contributed by atoms with Crippen LogP contribution in [0.4, 0.5) is 5.69 Å². The average molecular weight is 426 g/mol. The van der Waals surface area contributed by atoms with Crippen molar-refractivity contribution in [1.82, 2.24) is 18.7 Å². The molecule has 0 saturated heterocycles. The lowest BCUT2D eigenvalue weighted by atomic mass is 10.2. The first kappa shape index (κ1) is 19.6. The summed E-state index contributed by atoms with van der Waals surface area (Å²) in [6.07, 6.45) is 1.46. The van der Waals surface area contributed by atoms with Gasteiger partial charge in [0.05, 0.1) is 16.9 Å². The third kappa shape index (κ3) is 3.29. The van der Waals surface area contributed by atoms with E-state index in [1.807, 2.05) is 0 Å². The Hall–Kier alpha value is -3.72. The van der Waals surface area contributed by atoms with Crippen molar-refractivity contribution in [2.45, 2.75) is 20.0 Å². The van der Waals surface area contributed by atoms with Gasteiger partial charge in [0.1, 0.15) is 0 Å². The number of nitrogens with zero attached hydrogens (tertiary/aromatic N) is 5. The molecule has 0 atom stereocenters. The third-order valence-corrected chi connectivity index (χ3v) is 5.03. The molecule has 0 spiro atoms. The van der Waals surface area contributed by atoms with Gasteiger partial charge in [-0.25, -0.2) is 14.3 Å². The van der Waals surface area contributed by atoms with Crippen LogP contribution in [0.3, 0.4) is 0 Å². The lowest BCUT2D eigenvalue weighted by Crippen LogP contribution is -2.39. The number of benzene rings is 2. The number of imidazole rings is 1. The van der Waals surface area contributed by atoms with Crippen LogP contribution in [-0.4, -0.2) is 23.6 Å². The molecular weight excluding hydrogens is 410 g/mol. The number of hydrogen-bond donors (Lipinski definition) is 0. The molecule has 4 aromatic rings. The largest absolute Gasteiger partial charge is 0.337 e. The number of rotatable bonds is 5. The Morgan fingerprint density at radius 1 is 1.13 bits per heavy atom. The molecule has 0 fully saturated rings. The summed E-state index contributed by atoms with van der Waals surface area (Å²) in [6.45, 7) is 2.08. The quantitative estimate of drug-likeness (QED) is 0.361. The van der Waals surface area contributed by atoms with E-state index in [4.69, 9.17) is 11.6 Å². The number of fused-ring (bicyclic) bond motifs is 1. The molecule has 0 amide bonds. The monoisotopic (exact) mass is 425 g/mol. The number of non-ortho nitro benzene ring substituents is 1. The van der Waals surface area contributed by atoms with E-state index >= 15 is 0 Å². The smallest absolute Gasteiger partial charge is 0.320 e. The van der Waals surface area contributed by atoms with Crippen LogP contribution in [0.25, 0.3) is 16.9 Å². The topological polar surface area (TPSA) is 105 Å². The molecule has 0 bridgehead atoms. The molecular formula is C20H16ClN5O4. The highest BCUT2D eigenvalue weighted by Gasteiger charge is 2.19. The standard InChI is InChI=1S/C20H16ClN5O4/c1-2-24-19(27)17-18(25(20(24)28)15-8-6-14(21)7-9-15)22-12-23(17)11-13-4-3-5-16(10-13)26(29)30/h3-10,12H,2,11H2,1H3. The first-order valence-electron chi connectivity index (χ1n) is 9.10. The van der Waals surface area contributed by atoms with Gasteiger partial charge in [0.25, 0.3) is 11.2 Å². The van der Waals surface area contributed by atoms with Crippen LogP contribution in [0.5, 0.6) is 0 Å². The van der Waals surface area contributed by atoms with Crippen molar-refractivity contribution in [3.05, 3.63) is 96.4 Å². The lowest BCUT2D eigenvalue weighted by molar-refractivity contribution is -0.384. The van der Waals surface area contributed by atoms with E-state index in [2.05, 4.69) is 4.98 Å². The summed E-state index contributed by atoms with van der Waals surface area (Å²) < 4.78 is 4.08. The number of halogens is 1. The minimum atomic E-state index is -0.502. The minimum absolute atomic E-state index is 0.0408. The van der Waals surface area contributed by atoms with E-state index in [0.29, 0.717) is 16.3 Å². The van der Waals surface area contributed by atoms with Gasteiger partial charge < -0.3 is 4.57 Å². The first-order valence-corrected chi connectivity index (χ1v) is 9.48. The van der Waals surface area contributed by atoms with E-state index in [-0.39, 0.29) is 29.9 Å². The van der Waals surface area contributed by atoms with Gasteiger partial charge in [-0.05, 0) is 36.8 Å². The zero-order valence-corrected chi connectivity index (χ0v) is 16.6. The second-order valence-electron chi connectivity index (χ2n) is 6.62. The Labute approximate surface area is 174 Å². The maximum atomic E-state index is 13.0. The summed E-state index contributed by atoms with van der Waals surface area (Å²) in [7, 11) is 0. The number of nitro groups is 1. The van der Waals surface area contributed by atoms with Crippen molar-refractivity contribution in [2.75, 3.05) is 0 Å². The third-order valence-electron chi connectivity index (χ3n) is 4.78. The van der Waals surface area contributed by atoms with Crippen LogP contribution in [0, 0.1) is 10.1 Å². The molecule has 9 nitrogen and oxygen atoms in total. The molecule has 30 heavy (non-hydrogen) atoms. The molecule has 2 heterocycles. The molecule has 0 N–H and O–H groups in total. The van der Waals surface area contributed by atoms with Crippen LogP contribution in [0.2, 0.25) is 5.02 Å². The highest BCUT2D eigenvalue weighted by Crippen LogP contribution is 2.18. The van der Waals surface area contributed by atoms with E-state index < -0.39 is 16.2 Å². The Morgan fingerprint density at radius 3 is 2.53 bits per heavy atom. The lowest BCUT2D eigenvalue weighted by Gasteiger charge is -2.12. The Bertz CT molecular complexity index is 1390. The Balaban J connectivity index is 1.94. The van der Waals surface area contributed by atoms with Gasteiger partial charge in [-0.15, -0.1) is 0 Å². The SMILES string of the molecule is CCn1c(=O)c2c(ncn2Cc2cccc([N+](=O)[O-])c2)n(-c2ccc(Cl)cc2)c1=O. The normalized spacial score (nSPS) is 11.1. The van der Waals surface area contributed by atoms with Crippen molar-refractivity contribution >= 4 is 28.5 Å². The van der Waals surface area contributed by atoms with Crippen molar-refractivity contribution in [3.63, 3.8) is 0 Å². The fraction of sp³-hybridized carbons (Fsp3) is 0.150. The van der Waals surface area contributed by atoms with Crippen LogP contribution in [0.1, 0.15) is 12.5 Å². The average Bonchev–Trinajstić information content (AvgIpc) is 3.13. The van der Waals surface area contributed by atoms with Crippen LogP contribution in [0.15, 0.2) is 64.4 Å². The van der Waals surface area contributed by atoms with Crippen molar-refractivity contribution < 1.29 is 4.92 Å². The molecule has 152 valence electrons. The van der Waals surface area contributed by atoms with Crippen LogP contribution in [-0.2, 0) is 13.1 Å². The van der Waals surface area contributed by atoms with Gasteiger partial charge in [0.2, 0.25) is 0 Å². The summed E-state index contributed by atoms with van der Waals surface area (Å²) in [5.41, 5.74) is 0.595.